The molecule has 2 aromatic carbocycles. The lowest BCUT2D eigenvalue weighted by molar-refractivity contribution is -0.114. The van der Waals surface area contributed by atoms with E-state index in [1.54, 1.807) is 29.3 Å². The van der Waals surface area contributed by atoms with Crippen molar-refractivity contribution in [3.8, 4) is 0 Å². The Morgan fingerprint density at radius 1 is 0.923 bits per heavy atom. The van der Waals surface area contributed by atoms with Gasteiger partial charge in [0.15, 0.2) is 0 Å². The van der Waals surface area contributed by atoms with Crippen molar-refractivity contribution in [2.24, 2.45) is 11.0 Å². The van der Waals surface area contributed by atoms with Crippen molar-refractivity contribution >= 4 is 48.3 Å². The molecule has 200 valence electrons. The Bertz CT molecular complexity index is 1320. The number of carbonyl (C=O) groups excluding carboxylic acids is 2. The maximum atomic E-state index is 13.3. The van der Waals surface area contributed by atoms with Gasteiger partial charge in [-0.2, -0.15) is 5.10 Å². The highest BCUT2D eigenvalue weighted by Gasteiger charge is 2.39. The van der Waals surface area contributed by atoms with Gasteiger partial charge in [0, 0.05) is 43.5 Å². The predicted octanol–water partition coefficient (Wildman–Crippen LogP) is 3.51. The molecule has 39 heavy (non-hydrogen) atoms. The molecule has 2 N–H and O–H groups in total. The summed E-state index contributed by atoms with van der Waals surface area (Å²) >= 11 is 6.26. The van der Waals surface area contributed by atoms with Gasteiger partial charge >= 0.3 is 0 Å². The summed E-state index contributed by atoms with van der Waals surface area (Å²) in [5.41, 5.74) is 2.78. The summed E-state index contributed by atoms with van der Waals surface area (Å²) in [5.74, 6) is -0.282. The van der Waals surface area contributed by atoms with Crippen LogP contribution in [0, 0.1) is 5.92 Å². The number of nitrogens with zero attached hydrogens (tertiary/aromatic N) is 4. The second-order valence-electron chi connectivity index (χ2n) is 10.0. The largest absolute Gasteiger partial charge is 0.371 e. The fourth-order valence-corrected chi connectivity index (χ4v) is 5.46. The van der Waals surface area contributed by atoms with Crippen LogP contribution in [0.3, 0.4) is 0 Å². The van der Waals surface area contributed by atoms with Gasteiger partial charge in [0.05, 0.1) is 16.3 Å². The van der Waals surface area contributed by atoms with Crippen molar-refractivity contribution in [1.82, 2.24) is 15.6 Å². The van der Waals surface area contributed by atoms with E-state index in [4.69, 9.17) is 11.6 Å². The summed E-state index contributed by atoms with van der Waals surface area (Å²) < 4.78 is 0. The summed E-state index contributed by atoms with van der Waals surface area (Å²) in [4.78, 5) is 32.8. The molecule has 0 saturated carbocycles. The van der Waals surface area contributed by atoms with Gasteiger partial charge < -0.3 is 15.5 Å². The Morgan fingerprint density at radius 3 is 2.33 bits per heavy atom. The van der Waals surface area contributed by atoms with E-state index in [0.29, 0.717) is 28.8 Å². The number of benzene rings is 2. The summed E-state index contributed by atoms with van der Waals surface area (Å²) in [6.07, 6.45) is 6.23. The van der Waals surface area contributed by atoms with Gasteiger partial charge in [0.2, 0.25) is 0 Å². The summed E-state index contributed by atoms with van der Waals surface area (Å²) in [5, 5.41) is 12.9. The molecule has 10 heteroatoms. The van der Waals surface area contributed by atoms with E-state index in [-0.39, 0.29) is 17.6 Å². The Kier molecular flexibility index (Phi) is 8.47. The number of para-hydroxylation sites is 1. The molecule has 0 aliphatic carbocycles. The minimum Gasteiger partial charge on any atom is -0.371 e. The first kappa shape index (κ1) is 26.7. The summed E-state index contributed by atoms with van der Waals surface area (Å²) in [6.45, 7) is 2.60. The first-order chi connectivity index (χ1) is 19.0. The third-order valence-electron chi connectivity index (χ3n) is 7.52. The van der Waals surface area contributed by atoms with E-state index in [2.05, 4.69) is 25.6 Å². The lowest BCUT2D eigenvalue weighted by Gasteiger charge is -2.33. The van der Waals surface area contributed by atoms with Gasteiger partial charge in [-0.3, -0.25) is 14.6 Å². The van der Waals surface area contributed by atoms with Gasteiger partial charge in [-0.15, -0.1) is 0 Å². The number of nitrogens with one attached hydrogen (secondary N) is 2. The van der Waals surface area contributed by atoms with E-state index in [0.717, 1.165) is 38.0 Å². The number of anilines is 2. The van der Waals surface area contributed by atoms with Crippen LogP contribution >= 0.6 is 11.6 Å². The fourth-order valence-electron chi connectivity index (χ4n) is 5.24. The third-order valence-corrected chi connectivity index (χ3v) is 7.84. The van der Waals surface area contributed by atoms with Crippen LogP contribution < -0.4 is 20.5 Å². The highest BCUT2D eigenvalue weighted by Crippen LogP contribution is 2.30. The number of rotatable bonds is 8. The molecule has 2 atom stereocenters. The number of hydrogen-bond acceptors (Lipinski definition) is 6. The first-order valence-corrected chi connectivity index (χ1v) is 13.8. The van der Waals surface area contributed by atoms with Crippen LogP contribution in [0.25, 0.3) is 0 Å². The van der Waals surface area contributed by atoms with Gasteiger partial charge in [-0.1, -0.05) is 41.9 Å². The van der Waals surface area contributed by atoms with Gasteiger partial charge in [-0.05, 0) is 61.6 Å². The van der Waals surface area contributed by atoms with Crippen molar-refractivity contribution in [2.75, 3.05) is 29.5 Å². The number of halogens is 1. The van der Waals surface area contributed by atoms with E-state index in [9.17, 15) is 9.59 Å². The van der Waals surface area contributed by atoms with Crippen LogP contribution in [0.5, 0.6) is 0 Å². The zero-order valence-electron chi connectivity index (χ0n) is 22.0. The van der Waals surface area contributed by atoms with Gasteiger partial charge in [0.25, 0.3) is 11.8 Å². The van der Waals surface area contributed by atoms with E-state index < -0.39 is 6.17 Å². The van der Waals surface area contributed by atoms with Gasteiger partial charge in [0.1, 0.15) is 19.7 Å². The van der Waals surface area contributed by atoms with Crippen molar-refractivity contribution in [3.05, 3.63) is 89.7 Å². The van der Waals surface area contributed by atoms with Crippen molar-refractivity contribution in [1.29, 1.82) is 0 Å². The van der Waals surface area contributed by atoms with Crippen molar-refractivity contribution in [3.63, 3.8) is 0 Å². The van der Waals surface area contributed by atoms with Crippen LogP contribution in [0.1, 0.15) is 29.6 Å². The topological polar surface area (TPSA) is 89.9 Å². The molecule has 3 heterocycles. The van der Waals surface area contributed by atoms with Crippen LogP contribution in [-0.2, 0) is 4.79 Å². The maximum Gasteiger partial charge on any atom is 0.267 e. The van der Waals surface area contributed by atoms with Crippen LogP contribution in [0.2, 0.25) is 10.8 Å². The minimum absolute atomic E-state index is 0.202. The Balaban J connectivity index is 1.20. The number of piperidine rings is 1. The molecule has 1 fully saturated rings. The van der Waals surface area contributed by atoms with E-state index in [1.165, 1.54) is 5.69 Å². The second-order valence-corrected chi connectivity index (χ2v) is 10.4. The number of hydrogen-bond donors (Lipinski definition) is 2. The Labute approximate surface area is 234 Å². The van der Waals surface area contributed by atoms with Crippen LogP contribution in [0.4, 0.5) is 11.4 Å². The van der Waals surface area contributed by atoms with Crippen molar-refractivity contribution in [2.45, 2.75) is 31.2 Å². The highest BCUT2D eigenvalue weighted by molar-refractivity contribution is 6.50. The SMILES string of the molecule is BC1C(C(=O)NCCC2CCN(c3ccncc3)CC2)=NN(c2ccccc2)C1NC(=O)c1ccccc1Cl. The normalized spacial score (nSPS) is 19.5. The van der Waals surface area contributed by atoms with E-state index >= 15 is 0 Å². The third kappa shape index (κ3) is 6.25. The number of hydrazone groups is 1. The second kappa shape index (κ2) is 12.3. The van der Waals surface area contributed by atoms with Gasteiger partial charge in [-0.25, -0.2) is 5.01 Å². The standard InChI is InChI=1S/C29H32BClN6O2/c30-25-26(29(39)33-17-10-20-13-18-36(19-14-20)21-11-15-32-16-12-21)35-37(22-6-2-1-3-7-22)27(25)34-28(38)23-8-4-5-9-24(23)31/h1-9,11-12,15-16,20,25,27H,10,13-14,17-19,30H2,(H,33,39)(H,34,38). The quantitative estimate of drug-likeness (QED) is 0.425. The molecule has 0 spiro atoms. The molecule has 2 aliphatic rings. The summed E-state index contributed by atoms with van der Waals surface area (Å²) in [6, 6.07) is 20.5. The molecule has 2 amide bonds. The lowest BCUT2D eigenvalue weighted by atomic mass is 9.80. The molecule has 8 nitrogen and oxygen atoms in total. The number of pyridine rings is 1. The summed E-state index contributed by atoms with van der Waals surface area (Å²) in [7, 11) is 1.91. The molecule has 1 aromatic heterocycles. The molecule has 0 radical (unpaired) electrons. The number of carbonyl (C=O) groups is 2. The Hall–Kier alpha value is -3.85. The Morgan fingerprint density at radius 2 is 1.62 bits per heavy atom. The smallest absolute Gasteiger partial charge is 0.267 e. The lowest BCUT2D eigenvalue weighted by Crippen LogP contribution is -2.47. The fraction of sp³-hybridized carbons (Fsp3) is 0.310. The molecule has 1 saturated heterocycles. The molecule has 0 bridgehead atoms. The predicted molar refractivity (Wildman–Crippen MR) is 158 cm³/mol. The van der Waals surface area contributed by atoms with Crippen LogP contribution in [0.15, 0.2) is 84.2 Å². The maximum absolute atomic E-state index is 13.3. The molecule has 2 aliphatic heterocycles. The highest BCUT2D eigenvalue weighted by atomic mass is 35.5. The molecule has 2 unspecified atom stereocenters. The molecular weight excluding hydrogens is 511 g/mol. The van der Waals surface area contributed by atoms with Crippen molar-refractivity contribution < 1.29 is 9.59 Å². The number of amides is 2. The first-order valence-electron chi connectivity index (χ1n) is 13.4. The average molecular weight is 543 g/mol. The molecule has 3 aromatic rings. The monoisotopic (exact) mass is 542 g/mol. The molecule has 5 rings (SSSR count). The zero-order valence-corrected chi connectivity index (χ0v) is 22.7. The zero-order chi connectivity index (χ0) is 27.2. The van der Waals surface area contributed by atoms with E-state index in [1.807, 2.05) is 62.7 Å². The molecular formula is C29H32BClN6O2. The average Bonchev–Trinajstić information content (AvgIpc) is 3.30. The van der Waals surface area contributed by atoms with Crippen LogP contribution in [-0.4, -0.2) is 56.2 Å². The minimum atomic E-state index is -0.533. The number of aromatic nitrogens is 1.